The molecule has 3 N–H and O–H groups in total. The van der Waals surface area contributed by atoms with Crippen LogP contribution in [0.15, 0.2) is 29.2 Å². The summed E-state index contributed by atoms with van der Waals surface area (Å²) in [5.41, 5.74) is 6.69. The lowest BCUT2D eigenvalue weighted by atomic mass is 10.1. The van der Waals surface area contributed by atoms with Gasteiger partial charge < -0.3 is 10.6 Å². The molecule has 1 saturated heterocycles. The van der Waals surface area contributed by atoms with Gasteiger partial charge in [0.15, 0.2) is 0 Å². The number of benzene rings is 1. The van der Waals surface area contributed by atoms with Crippen molar-refractivity contribution in [2.24, 2.45) is 5.73 Å². The van der Waals surface area contributed by atoms with Crippen LogP contribution >= 0.6 is 11.8 Å². The van der Waals surface area contributed by atoms with Gasteiger partial charge in [-0.3, -0.25) is 0 Å². The number of hydrogen-bond acceptors (Lipinski definition) is 5. The standard InChI is InChI=1S/C14H23N3O2S2/c1-12(15)13-2-4-14(5-3-13)21(18,19)16-6-7-17-8-10-20-11-9-17/h2-5,12,16H,6-11,15H2,1H3. The number of hydrogen-bond donors (Lipinski definition) is 2. The molecule has 2 rings (SSSR count). The highest BCUT2D eigenvalue weighted by molar-refractivity contribution is 7.99. The Morgan fingerprint density at radius 1 is 1.29 bits per heavy atom. The number of nitrogens with zero attached hydrogens (tertiary/aromatic N) is 1. The molecule has 0 amide bonds. The molecule has 1 aliphatic rings. The lowest BCUT2D eigenvalue weighted by molar-refractivity contribution is 0.307. The molecule has 1 heterocycles. The van der Waals surface area contributed by atoms with E-state index in [0.717, 1.165) is 36.7 Å². The van der Waals surface area contributed by atoms with Crippen LogP contribution in [0.25, 0.3) is 0 Å². The summed E-state index contributed by atoms with van der Waals surface area (Å²) in [6.45, 7) is 5.16. The van der Waals surface area contributed by atoms with Crippen LogP contribution in [-0.2, 0) is 10.0 Å². The normalized spacial score (nSPS) is 18.6. The van der Waals surface area contributed by atoms with Gasteiger partial charge in [-0.05, 0) is 24.6 Å². The van der Waals surface area contributed by atoms with E-state index in [1.165, 1.54) is 0 Å². The van der Waals surface area contributed by atoms with Gasteiger partial charge >= 0.3 is 0 Å². The molecule has 1 aromatic carbocycles. The molecule has 0 saturated carbocycles. The molecule has 21 heavy (non-hydrogen) atoms. The molecule has 0 aliphatic carbocycles. The van der Waals surface area contributed by atoms with E-state index < -0.39 is 10.0 Å². The number of thioether (sulfide) groups is 1. The maximum Gasteiger partial charge on any atom is 0.240 e. The van der Waals surface area contributed by atoms with Crippen molar-refractivity contribution in [2.45, 2.75) is 17.9 Å². The molecule has 7 heteroatoms. The molecule has 0 aromatic heterocycles. The molecule has 118 valence electrons. The second-order valence-electron chi connectivity index (χ2n) is 5.21. The van der Waals surface area contributed by atoms with Crippen LogP contribution in [0.5, 0.6) is 0 Å². The highest BCUT2D eigenvalue weighted by Gasteiger charge is 2.15. The lowest BCUT2D eigenvalue weighted by Crippen LogP contribution is -2.39. The molecule has 1 fully saturated rings. The zero-order valence-corrected chi connectivity index (χ0v) is 13.9. The fraction of sp³-hybridized carbons (Fsp3) is 0.571. The Morgan fingerprint density at radius 3 is 2.48 bits per heavy atom. The van der Waals surface area contributed by atoms with E-state index in [0.29, 0.717) is 11.4 Å². The second kappa shape index (κ2) is 7.60. The Kier molecular flexibility index (Phi) is 6.07. The SMILES string of the molecule is CC(N)c1ccc(S(=O)(=O)NCCN2CCSCC2)cc1. The topological polar surface area (TPSA) is 75.4 Å². The molecule has 0 spiro atoms. The summed E-state index contributed by atoms with van der Waals surface area (Å²) >= 11 is 1.95. The van der Waals surface area contributed by atoms with Crippen molar-refractivity contribution < 1.29 is 8.42 Å². The third-order valence-electron chi connectivity index (χ3n) is 3.54. The average Bonchev–Trinajstić information content (AvgIpc) is 2.48. The Labute approximate surface area is 131 Å². The van der Waals surface area contributed by atoms with E-state index in [9.17, 15) is 8.42 Å². The first-order valence-corrected chi connectivity index (χ1v) is 9.78. The molecule has 1 atom stereocenters. The number of nitrogens with two attached hydrogens (primary N) is 1. The molecular formula is C14H23N3O2S2. The first-order valence-electron chi connectivity index (χ1n) is 7.14. The van der Waals surface area contributed by atoms with Crippen molar-refractivity contribution in [3.8, 4) is 0 Å². The quantitative estimate of drug-likeness (QED) is 0.815. The molecule has 5 nitrogen and oxygen atoms in total. The number of rotatable bonds is 6. The Morgan fingerprint density at radius 2 is 1.90 bits per heavy atom. The van der Waals surface area contributed by atoms with Gasteiger partial charge in [-0.25, -0.2) is 13.1 Å². The molecule has 1 unspecified atom stereocenters. The van der Waals surface area contributed by atoms with Crippen molar-refractivity contribution in [1.82, 2.24) is 9.62 Å². The highest BCUT2D eigenvalue weighted by Crippen LogP contribution is 2.14. The van der Waals surface area contributed by atoms with Gasteiger partial charge in [0.1, 0.15) is 0 Å². The minimum absolute atomic E-state index is 0.0910. The second-order valence-corrected chi connectivity index (χ2v) is 8.20. The van der Waals surface area contributed by atoms with E-state index in [1.54, 1.807) is 24.3 Å². The molecule has 0 radical (unpaired) electrons. The summed E-state index contributed by atoms with van der Waals surface area (Å²) in [5, 5.41) is 0. The van der Waals surface area contributed by atoms with Crippen molar-refractivity contribution in [3.63, 3.8) is 0 Å². The van der Waals surface area contributed by atoms with Crippen molar-refractivity contribution in [3.05, 3.63) is 29.8 Å². The number of sulfonamides is 1. The smallest absolute Gasteiger partial charge is 0.240 e. The van der Waals surface area contributed by atoms with Crippen LogP contribution in [-0.4, -0.2) is 51.0 Å². The van der Waals surface area contributed by atoms with Crippen molar-refractivity contribution in [1.29, 1.82) is 0 Å². The minimum atomic E-state index is -3.43. The van der Waals surface area contributed by atoms with Gasteiger partial charge in [-0.2, -0.15) is 11.8 Å². The Hall–Kier alpha value is -0.600. The zero-order chi connectivity index (χ0) is 15.3. The molecule has 1 aromatic rings. The predicted molar refractivity (Wildman–Crippen MR) is 88.0 cm³/mol. The van der Waals surface area contributed by atoms with Crippen LogP contribution in [0.2, 0.25) is 0 Å². The number of nitrogens with one attached hydrogen (secondary N) is 1. The van der Waals surface area contributed by atoms with E-state index in [1.807, 2.05) is 18.7 Å². The summed E-state index contributed by atoms with van der Waals surface area (Å²) < 4.78 is 27.0. The fourth-order valence-corrected chi connectivity index (χ4v) is 4.20. The third-order valence-corrected chi connectivity index (χ3v) is 5.96. The minimum Gasteiger partial charge on any atom is -0.324 e. The summed E-state index contributed by atoms with van der Waals surface area (Å²) in [7, 11) is -3.43. The van der Waals surface area contributed by atoms with Gasteiger partial charge in [-0.15, -0.1) is 0 Å². The first kappa shape index (κ1) is 16.8. The van der Waals surface area contributed by atoms with Gasteiger partial charge in [0, 0.05) is 43.7 Å². The monoisotopic (exact) mass is 329 g/mol. The third kappa shape index (κ3) is 4.96. The van der Waals surface area contributed by atoms with E-state index in [4.69, 9.17) is 5.73 Å². The average molecular weight is 329 g/mol. The van der Waals surface area contributed by atoms with Gasteiger partial charge in [0.25, 0.3) is 0 Å². The summed E-state index contributed by atoms with van der Waals surface area (Å²) in [6.07, 6.45) is 0. The highest BCUT2D eigenvalue weighted by atomic mass is 32.2. The van der Waals surface area contributed by atoms with E-state index >= 15 is 0 Å². The maximum absolute atomic E-state index is 12.2. The van der Waals surface area contributed by atoms with Crippen LogP contribution < -0.4 is 10.5 Å². The Bertz CT molecular complexity index is 538. The van der Waals surface area contributed by atoms with Gasteiger partial charge in [-0.1, -0.05) is 12.1 Å². The van der Waals surface area contributed by atoms with Gasteiger partial charge in [0.05, 0.1) is 4.90 Å². The summed E-state index contributed by atoms with van der Waals surface area (Å²) in [5.74, 6) is 2.26. The summed E-state index contributed by atoms with van der Waals surface area (Å²) in [6, 6.07) is 6.66. The Balaban J connectivity index is 1.88. The van der Waals surface area contributed by atoms with E-state index in [2.05, 4.69) is 9.62 Å². The van der Waals surface area contributed by atoms with Gasteiger partial charge in [0.2, 0.25) is 10.0 Å². The van der Waals surface area contributed by atoms with Crippen LogP contribution in [0.3, 0.4) is 0 Å². The molecule has 1 aliphatic heterocycles. The van der Waals surface area contributed by atoms with Crippen molar-refractivity contribution in [2.75, 3.05) is 37.7 Å². The van der Waals surface area contributed by atoms with Crippen LogP contribution in [0.4, 0.5) is 0 Å². The molecular weight excluding hydrogens is 306 g/mol. The fourth-order valence-electron chi connectivity index (χ4n) is 2.20. The van der Waals surface area contributed by atoms with Crippen LogP contribution in [0.1, 0.15) is 18.5 Å². The van der Waals surface area contributed by atoms with Crippen LogP contribution in [0, 0.1) is 0 Å². The zero-order valence-electron chi connectivity index (χ0n) is 12.3. The first-order chi connectivity index (χ1) is 9.99. The van der Waals surface area contributed by atoms with E-state index in [-0.39, 0.29) is 6.04 Å². The molecule has 0 bridgehead atoms. The summed E-state index contributed by atoms with van der Waals surface area (Å²) in [4.78, 5) is 2.58. The largest absolute Gasteiger partial charge is 0.324 e. The lowest BCUT2D eigenvalue weighted by Gasteiger charge is -2.25. The van der Waals surface area contributed by atoms with Crippen molar-refractivity contribution >= 4 is 21.8 Å². The maximum atomic E-state index is 12.2. The predicted octanol–water partition coefficient (Wildman–Crippen LogP) is 1.03.